The topological polar surface area (TPSA) is 19.7 Å². The standard InChI is InChI=1S/4C30H20BN/c1-3-11-21(12-4-1)22-19-25-24-15-7-9-17-28(24)32-29-18-10-8-16-26(29)31(27(20-22)30(25)32)23-13-5-2-6-14-23;1-3-11-21(12-4-1)23-19-20-25-24-15-7-9-17-27(24)32-28-18-10-8-16-26(28)31(29(23)30(25)32)22-13-5-2-6-14-22;1-3-11-21(12-4-1)23-19-20-26-30-29(23)24-15-7-9-17-27(24)32(30)28-18-10-8-16-25(28)31(26)22-13-5-2-6-14-22;1-3-11-21(12-4-1)23-15-9-16-24-25-17-10-19-27-30(25)32(29(23)24)28-20-8-7-18-26(28)31(27)22-13-5-2-6-14-22/h4*1-20H. The molecule has 592 valence electrons. The Kier molecular flexibility index (Phi) is 18.0. The van der Waals surface area contributed by atoms with E-state index in [0.29, 0.717) is 0 Å². The zero-order valence-corrected chi connectivity index (χ0v) is 70.3. The second kappa shape index (κ2) is 31.0. The Labute approximate surface area is 745 Å². The van der Waals surface area contributed by atoms with Crippen LogP contribution in [0.1, 0.15) is 0 Å². The summed E-state index contributed by atoms with van der Waals surface area (Å²) in [4.78, 5) is 0. The van der Waals surface area contributed by atoms with E-state index in [1.165, 1.54) is 220 Å². The number of nitrogens with zero attached hydrogens (tertiary/aromatic N) is 4. The molecule has 8 heterocycles. The van der Waals surface area contributed by atoms with Crippen LogP contribution in [0.4, 0.5) is 0 Å². The van der Waals surface area contributed by atoms with E-state index in [4.69, 9.17) is 0 Å². The van der Waals surface area contributed by atoms with Crippen molar-refractivity contribution in [1.29, 1.82) is 0 Å². The molecule has 4 aliphatic rings. The number of para-hydroxylation sites is 9. The lowest BCUT2D eigenvalue weighted by Crippen LogP contribution is -2.56. The predicted molar refractivity (Wildman–Crippen MR) is 549 cm³/mol. The summed E-state index contributed by atoms with van der Waals surface area (Å²) < 4.78 is 9.96. The Morgan fingerprint density at radius 1 is 0.148 bits per heavy atom. The highest BCUT2D eigenvalue weighted by Crippen LogP contribution is 2.44. The van der Waals surface area contributed by atoms with Gasteiger partial charge in [-0.1, -0.05) is 459 Å². The minimum absolute atomic E-state index is 0.183. The van der Waals surface area contributed by atoms with Crippen LogP contribution in [0.2, 0.25) is 0 Å². The molecule has 0 spiro atoms. The SMILES string of the molecule is c1ccc(B2c3ccccc3-n3c4c2cccc4c2cccc(-c4ccccc4)c23)cc1.c1ccc(B2c3ccccc3-n3c4ccccc4c4c(-c5ccccc5)ccc2c43)cc1.c1ccc(B2c3ccccc3-n3c4ccccc4c4cc(-c5ccccc5)cc2c43)cc1.c1ccc(B2c3ccccc3-n3c4ccccc4c4ccc(-c5ccccc5)c2c43)cc1. The molecule has 4 aliphatic heterocycles. The molecular formula is C120H80B4N4. The molecule has 28 rings (SSSR count). The lowest BCUT2D eigenvalue weighted by atomic mass is 9.34. The highest BCUT2D eigenvalue weighted by atomic mass is 15.0. The normalized spacial score (nSPS) is 12.3. The third-order valence-electron chi connectivity index (χ3n) is 27.4. The molecule has 4 aromatic heterocycles. The van der Waals surface area contributed by atoms with Crippen LogP contribution in [0.3, 0.4) is 0 Å². The van der Waals surface area contributed by atoms with E-state index < -0.39 is 0 Å². The maximum absolute atomic E-state index is 2.51. The van der Waals surface area contributed by atoms with Crippen molar-refractivity contribution in [2.24, 2.45) is 0 Å². The molecule has 0 saturated heterocycles. The van der Waals surface area contributed by atoms with Crippen molar-refractivity contribution in [3.63, 3.8) is 0 Å². The number of aromatic nitrogens is 4. The average molecular weight is 1620 g/mol. The molecule has 0 aliphatic carbocycles. The van der Waals surface area contributed by atoms with Gasteiger partial charge in [0.1, 0.15) is 0 Å². The van der Waals surface area contributed by atoms with Gasteiger partial charge in [-0.15, -0.1) is 0 Å². The third-order valence-corrected chi connectivity index (χ3v) is 27.4. The Hall–Kier alpha value is -16.1. The fraction of sp³-hybridized carbons (Fsp3) is 0. The fourth-order valence-electron chi connectivity index (χ4n) is 22.2. The fourth-order valence-corrected chi connectivity index (χ4v) is 22.2. The van der Waals surface area contributed by atoms with Crippen molar-refractivity contribution < 1.29 is 0 Å². The van der Waals surface area contributed by atoms with E-state index in [9.17, 15) is 0 Å². The third kappa shape index (κ3) is 11.9. The molecule has 0 bridgehead atoms. The first kappa shape index (κ1) is 74.5. The molecule has 0 fully saturated rings. The van der Waals surface area contributed by atoms with Crippen molar-refractivity contribution in [3.05, 3.63) is 485 Å². The summed E-state index contributed by atoms with van der Waals surface area (Å²) in [5.74, 6) is 0. The van der Waals surface area contributed by atoms with Crippen molar-refractivity contribution in [1.82, 2.24) is 18.3 Å². The van der Waals surface area contributed by atoms with Crippen LogP contribution in [-0.2, 0) is 0 Å². The number of benzene rings is 20. The maximum atomic E-state index is 2.51. The predicted octanol–water partition coefficient (Wildman–Crippen LogP) is 21.1. The molecule has 0 unspecified atom stereocenters. The van der Waals surface area contributed by atoms with Crippen LogP contribution >= 0.6 is 0 Å². The Bertz CT molecular complexity index is 8420. The molecule has 0 saturated carbocycles. The van der Waals surface area contributed by atoms with E-state index in [0.717, 1.165) is 0 Å². The second-order valence-corrected chi connectivity index (χ2v) is 34.2. The summed E-state index contributed by atoms with van der Waals surface area (Å²) in [6.07, 6.45) is 0. The molecule has 0 amide bonds. The Morgan fingerprint density at radius 3 is 0.984 bits per heavy atom. The van der Waals surface area contributed by atoms with Gasteiger partial charge in [0.15, 0.2) is 0 Å². The van der Waals surface area contributed by atoms with E-state index in [1.807, 2.05) is 0 Å². The molecule has 24 aromatic rings. The van der Waals surface area contributed by atoms with Gasteiger partial charge in [-0.3, -0.25) is 0 Å². The summed E-state index contributed by atoms with van der Waals surface area (Å²) in [6.45, 7) is 0.836. The van der Waals surface area contributed by atoms with Crippen molar-refractivity contribution in [3.8, 4) is 67.3 Å². The zero-order valence-electron chi connectivity index (χ0n) is 70.3. The zero-order chi connectivity index (χ0) is 84.3. The van der Waals surface area contributed by atoms with E-state index in [1.54, 1.807) is 0 Å². The average Bonchev–Trinajstić information content (AvgIpc) is 1.54. The summed E-state index contributed by atoms with van der Waals surface area (Å²) in [6, 6.07) is 177. The molecule has 128 heavy (non-hydrogen) atoms. The molecule has 0 atom stereocenters. The number of rotatable bonds is 8. The molecule has 8 heteroatoms. The lowest BCUT2D eigenvalue weighted by Gasteiger charge is -2.29. The van der Waals surface area contributed by atoms with Gasteiger partial charge in [-0.2, -0.15) is 0 Å². The van der Waals surface area contributed by atoms with Crippen LogP contribution in [0.5, 0.6) is 0 Å². The Morgan fingerprint density at radius 2 is 0.469 bits per heavy atom. The van der Waals surface area contributed by atoms with Crippen LogP contribution in [0.15, 0.2) is 485 Å². The molecule has 0 N–H and O–H groups in total. The number of hydrogen-bond donors (Lipinski definition) is 0. The monoisotopic (exact) mass is 1620 g/mol. The number of fused-ring (bicyclic) bond motifs is 20. The molecular weight excluding hydrogens is 1540 g/mol. The van der Waals surface area contributed by atoms with Gasteiger partial charge in [0, 0.05) is 93.5 Å². The van der Waals surface area contributed by atoms with Crippen LogP contribution in [0, 0.1) is 0 Å². The first-order valence-corrected chi connectivity index (χ1v) is 44.7. The first-order chi connectivity index (χ1) is 63.6. The summed E-state index contributed by atoms with van der Waals surface area (Å²) in [5, 5.41) is 10.6. The summed E-state index contributed by atoms with van der Waals surface area (Å²) >= 11 is 0. The highest BCUT2D eigenvalue weighted by molar-refractivity contribution is 7.00. The quantitative estimate of drug-likeness (QED) is 0.135. The first-order valence-electron chi connectivity index (χ1n) is 44.7. The van der Waals surface area contributed by atoms with Crippen molar-refractivity contribution in [2.75, 3.05) is 0 Å². The molecule has 4 nitrogen and oxygen atoms in total. The molecule has 0 radical (unpaired) electrons. The summed E-state index contributed by atoms with van der Waals surface area (Å²) in [5.41, 5.74) is 42.1. The minimum atomic E-state index is 0.183. The lowest BCUT2D eigenvalue weighted by molar-refractivity contribution is 1.19. The van der Waals surface area contributed by atoms with Gasteiger partial charge in [0.25, 0.3) is 0 Å². The van der Waals surface area contributed by atoms with Crippen molar-refractivity contribution in [2.45, 2.75) is 0 Å². The van der Waals surface area contributed by atoms with E-state index in [-0.39, 0.29) is 26.9 Å². The van der Waals surface area contributed by atoms with Crippen molar-refractivity contribution >= 4 is 180 Å². The van der Waals surface area contributed by atoms with Gasteiger partial charge in [-0.25, -0.2) is 0 Å². The van der Waals surface area contributed by atoms with Crippen LogP contribution in [-0.4, -0.2) is 45.1 Å². The smallest absolute Gasteiger partial charge is 0.247 e. The van der Waals surface area contributed by atoms with Crippen LogP contribution in [0.25, 0.3) is 154 Å². The van der Waals surface area contributed by atoms with E-state index >= 15 is 0 Å². The van der Waals surface area contributed by atoms with Gasteiger partial charge in [-0.05, 0) is 131 Å². The summed E-state index contributed by atoms with van der Waals surface area (Å²) in [7, 11) is 0. The largest absolute Gasteiger partial charge is 0.310 e. The van der Waals surface area contributed by atoms with Gasteiger partial charge in [0.05, 0.1) is 22.1 Å². The van der Waals surface area contributed by atoms with E-state index in [2.05, 4.69) is 504 Å². The highest BCUT2D eigenvalue weighted by Gasteiger charge is 2.40. The van der Waals surface area contributed by atoms with Gasteiger partial charge >= 0.3 is 0 Å². The maximum Gasteiger partial charge on any atom is 0.247 e. The second-order valence-electron chi connectivity index (χ2n) is 34.2. The van der Waals surface area contributed by atoms with Gasteiger partial charge in [0.2, 0.25) is 26.9 Å². The minimum Gasteiger partial charge on any atom is -0.310 e. The molecule has 20 aromatic carbocycles. The Balaban J connectivity index is 0.0000000926. The van der Waals surface area contributed by atoms with Gasteiger partial charge < -0.3 is 18.3 Å². The van der Waals surface area contributed by atoms with Crippen LogP contribution < -0.4 is 65.6 Å². The number of hydrogen-bond acceptors (Lipinski definition) is 0.